The van der Waals surface area contributed by atoms with Crippen molar-refractivity contribution in [3.8, 4) is 11.5 Å². The van der Waals surface area contributed by atoms with E-state index in [0.717, 1.165) is 24.6 Å². The van der Waals surface area contributed by atoms with Gasteiger partial charge in [0.2, 0.25) is 0 Å². The zero-order valence-corrected chi connectivity index (χ0v) is 10.5. The Hall–Kier alpha value is -1.48. The molecule has 3 nitrogen and oxygen atoms in total. The molecule has 0 unspecified atom stereocenters. The number of hydrogen-bond acceptors (Lipinski definition) is 3. The first-order valence-electron chi connectivity index (χ1n) is 6.70. The molecule has 2 aliphatic rings. The summed E-state index contributed by atoms with van der Waals surface area (Å²) in [6.07, 6.45) is 7.00. The molecular weight excluding hydrogens is 226 g/mol. The van der Waals surface area contributed by atoms with Gasteiger partial charge in [-0.05, 0) is 49.5 Å². The first-order chi connectivity index (χ1) is 8.92. The molecule has 3 heteroatoms. The molecule has 0 bridgehead atoms. The summed E-state index contributed by atoms with van der Waals surface area (Å²) in [5.41, 5.74) is 1.19. The second kappa shape index (κ2) is 5.44. The Morgan fingerprint density at radius 1 is 1.06 bits per heavy atom. The zero-order valence-electron chi connectivity index (χ0n) is 10.5. The highest BCUT2D eigenvalue weighted by molar-refractivity contribution is 5.56. The summed E-state index contributed by atoms with van der Waals surface area (Å²) >= 11 is 0. The van der Waals surface area contributed by atoms with Crippen molar-refractivity contribution in [2.45, 2.75) is 12.8 Å². The minimum Gasteiger partial charge on any atom is -0.486 e. The molecule has 96 valence electrons. The Bertz CT molecular complexity index is 436. The lowest BCUT2D eigenvalue weighted by Crippen LogP contribution is -2.26. The number of ether oxygens (including phenoxy) is 2. The lowest BCUT2D eigenvalue weighted by molar-refractivity contribution is 0.171. The van der Waals surface area contributed by atoms with Crippen LogP contribution in [0.15, 0.2) is 24.3 Å². The van der Waals surface area contributed by atoms with Gasteiger partial charge in [0.25, 0.3) is 0 Å². The number of fused-ring (bicyclic) bond motifs is 1. The van der Waals surface area contributed by atoms with Gasteiger partial charge in [-0.25, -0.2) is 0 Å². The van der Waals surface area contributed by atoms with Gasteiger partial charge in [0, 0.05) is 0 Å². The average Bonchev–Trinajstić information content (AvgIpc) is 2.46. The molecule has 0 aliphatic carbocycles. The third-order valence-electron chi connectivity index (χ3n) is 3.51. The van der Waals surface area contributed by atoms with Crippen molar-refractivity contribution >= 4 is 6.08 Å². The maximum atomic E-state index is 5.59. The molecule has 0 spiro atoms. The smallest absolute Gasteiger partial charge is 0.161 e. The van der Waals surface area contributed by atoms with Crippen LogP contribution in [0.25, 0.3) is 6.08 Å². The van der Waals surface area contributed by atoms with E-state index < -0.39 is 0 Å². The van der Waals surface area contributed by atoms with Gasteiger partial charge >= 0.3 is 0 Å². The van der Waals surface area contributed by atoms with Crippen LogP contribution in [0.2, 0.25) is 0 Å². The van der Waals surface area contributed by atoms with E-state index in [1.807, 2.05) is 6.07 Å². The molecule has 18 heavy (non-hydrogen) atoms. The Morgan fingerprint density at radius 3 is 2.67 bits per heavy atom. The second-order valence-electron chi connectivity index (χ2n) is 4.85. The van der Waals surface area contributed by atoms with Gasteiger partial charge in [-0.3, -0.25) is 0 Å². The van der Waals surface area contributed by atoms with Crippen LogP contribution in [-0.2, 0) is 0 Å². The average molecular weight is 245 g/mol. The van der Waals surface area contributed by atoms with Crippen molar-refractivity contribution in [1.82, 2.24) is 5.32 Å². The van der Waals surface area contributed by atoms with Gasteiger partial charge < -0.3 is 14.8 Å². The fourth-order valence-electron chi connectivity index (χ4n) is 2.45. The fourth-order valence-corrected chi connectivity index (χ4v) is 2.45. The molecule has 1 saturated heterocycles. The number of piperidine rings is 1. The van der Waals surface area contributed by atoms with E-state index in [1.165, 1.54) is 18.4 Å². The molecule has 3 rings (SSSR count). The number of benzene rings is 1. The van der Waals surface area contributed by atoms with Crippen molar-refractivity contribution in [1.29, 1.82) is 0 Å². The van der Waals surface area contributed by atoms with Gasteiger partial charge in [-0.15, -0.1) is 0 Å². The van der Waals surface area contributed by atoms with Crippen LogP contribution in [0, 0.1) is 5.92 Å². The Balaban J connectivity index is 1.70. The molecule has 0 saturated carbocycles. The molecule has 1 aromatic rings. The summed E-state index contributed by atoms with van der Waals surface area (Å²) in [4.78, 5) is 0. The quantitative estimate of drug-likeness (QED) is 0.868. The molecule has 0 amide bonds. The van der Waals surface area contributed by atoms with Crippen LogP contribution < -0.4 is 14.8 Å². The van der Waals surface area contributed by atoms with E-state index >= 15 is 0 Å². The summed E-state index contributed by atoms with van der Waals surface area (Å²) < 4.78 is 11.1. The predicted octanol–water partition coefficient (Wildman–Crippen LogP) is 2.47. The molecule has 0 atom stereocenters. The highest BCUT2D eigenvalue weighted by Crippen LogP contribution is 2.31. The molecule has 0 radical (unpaired) electrons. The third-order valence-corrected chi connectivity index (χ3v) is 3.51. The van der Waals surface area contributed by atoms with E-state index in [2.05, 4.69) is 29.6 Å². The maximum absolute atomic E-state index is 5.59. The first kappa shape index (κ1) is 11.6. The number of hydrogen-bond donors (Lipinski definition) is 1. The van der Waals surface area contributed by atoms with Crippen molar-refractivity contribution < 1.29 is 9.47 Å². The Morgan fingerprint density at radius 2 is 1.83 bits per heavy atom. The van der Waals surface area contributed by atoms with Gasteiger partial charge in [-0.2, -0.15) is 0 Å². The van der Waals surface area contributed by atoms with E-state index in [0.29, 0.717) is 19.1 Å². The summed E-state index contributed by atoms with van der Waals surface area (Å²) in [5.74, 6) is 2.44. The monoisotopic (exact) mass is 245 g/mol. The third kappa shape index (κ3) is 2.67. The highest BCUT2D eigenvalue weighted by atomic mass is 16.6. The predicted molar refractivity (Wildman–Crippen MR) is 72.1 cm³/mol. The summed E-state index contributed by atoms with van der Waals surface area (Å²) in [7, 11) is 0. The zero-order chi connectivity index (χ0) is 12.2. The lowest BCUT2D eigenvalue weighted by Gasteiger charge is -2.20. The Kier molecular flexibility index (Phi) is 3.51. The van der Waals surface area contributed by atoms with Gasteiger partial charge in [-0.1, -0.05) is 18.2 Å². The maximum Gasteiger partial charge on any atom is 0.161 e. The number of rotatable bonds is 2. The molecule has 2 aliphatic heterocycles. The van der Waals surface area contributed by atoms with Crippen LogP contribution in [-0.4, -0.2) is 26.3 Å². The molecule has 1 fully saturated rings. The van der Waals surface area contributed by atoms with Gasteiger partial charge in [0.15, 0.2) is 11.5 Å². The van der Waals surface area contributed by atoms with Crippen molar-refractivity contribution in [3.05, 3.63) is 29.8 Å². The van der Waals surface area contributed by atoms with Crippen LogP contribution in [0.1, 0.15) is 18.4 Å². The fraction of sp³-hybridized carbons (Fsp3) is 0.467. The molecular formula is C15H19NO2. The van der Waals surface area contributed by atoms with Gasteiger partial charge in [0.1, 0.15) is 13.2 Å². The van der Waals surface area contributed by atoms with Crippen LogP contribution in [0.4, 0.5) is 0 Å². The Labute approximate surface area is 108 Å². The molecule has 0 aromatic heterocycles. The summed E-state index contributed by atoms with van der Waals surface area (Å²) in [5, 5.41) is 3.38. The molecule has 2 heterocycles. The number of nitrogens with one attached hydrogen (secondary N) is 1. The van der Waals surface area contributed by atoms with E-state index in [4.69, 9.17) is 9.47 Å². The first-order valence-corrected chi connectivity index (χ1v) is 6.70. The van der Waals surface area contributed by atoms with E-state index in [1.54, 1.807) is 0 Å². The van der Waals surface area contributed by atoms with E-state index in [9.17, 15) is 0 Å². The summed E-state index contributed by atoms with van der Waals surface area (Å²) in [6, 6.07) is 6.15. The second-order valence-corrected chi connectivity index (χ2v) is 4.85. The van der Waals surface area contributed by atoms with Crippen molar-refractivity contribution in [3.63, 3.8) is 0 Å². The molecule has 1 N–H and O–H groups in total. The van der Waals surface area contributed by atoms with E-state index in [-0.39, 0.29) is 0 Å². The molecule has 1 aromatic carbocycles. The highest BCUT2D eigenvalue weighted by Gasteiger charge is 2.12. The topological polar surface area (TPSA) is 30.5 Å². The SMILES string of the molecule is C(=CC1CCNCC1)c1ccc2c(c1)OCCO2. The van der Waals surface area contributed by atoms with Crippen molar-refractivity contribution in [2.75, 3.05) is 26.3 Å². The minimum atomic E-state index is 0.647. The van der Waals surface area contributed by atoms with Crippen LogP contribution >= 0.6 is 0 Å². The standard InChI is InChI=1S/C15H19NO2/c1(12-5-7-16-8-6-12)2-13-3-4-14-15(11-13)18-10-9-17-14/h1-4,11-12,16H,5-10H2. The lowest BCUT2D eigenvalue weighted by atomic mass is 9.97. The van der Waals surface area contributed by atoms with Crippen LogP contribution in [0.5, 0.6) is 11.5 Å². The largest absolute Gasteiger partial charge is 0.486 e. The van der Waals surface area contributed by atoms with Crippen LogP contribution in [0.3, 0.4) is 0 Å². The van der Waals surface area contributed by atoms with Gasteiger partial charge in [0.05, 0.1) is 0 Å². The van der Waals surface area contributed by atoms with Crippen molar-refractivity contribution in [2.24, 2.45) is 5.92 Å². The summed E-state index contributed by atoms with van der Waals surface area (Å²) in [6.45, 7) is 3.57. The minimum absolute atomic E-state index is 0.647. The normalized spacial score (nSPS) is 20.2. The number of allylic oxidation sites excluding steroid dienone is 1.